The standard InChI is InChI=1S/C25H24F3N5O2/c1-16(8-9-18-6-4-3-5-7-18)29-22(34)15-32-24(35)33-21(31-32)14-17(2)30-23(33)19-10-12-20(13-11-19)25(26,27)28/h3-7,10-14,16H,8-9,15H2,1-2H3,(H,29,34)/t16-/m0/s1. The van der Waals surface area contributed by atoms with E-state index >= 15 is 0 Å². The molecule has 0 aliphatic rings. The molecule has 10 heteroatoms. The third-order valence-corrected chi connectivity index (χ3v) is 5.58. The average molecular weight is 483 g/mol. The van der Waals surface area contributed by atoms with Crippen LogP contribution in [0.15, 0.2) is 65.5 Å². The molecule has 0 aliphatic heterocycles. The predicted molar refractivity (Wildman–Crippen MR) is 125 cm³/mol. The Hall–Kier alpha value is -3.95. The maximum atomic E-state index is 13.1. The Labute approximate surface area is 199 Å². The van der Waals surface area contributed by atoms with E-state index in [4.69, 9.17) is 0 Å². The first-order chi connectivity index (χ1) is 16.6. The van der Waals surface area contributed by atoms with Gasteiger partial charge in [0.25, 0.3) is 0 Å². The molecule has 0 saturated carbocycles. The highest BCUT2D eigenvalue weighted by atomic mass is 19.4. The molecule has 1 N–H and O–H groups in total. The first-order valence-corrected chi connectivity index (χ1v) is 11.1. The van der Waals surface area contributed by atoms with Gasteiger partial charge in [-0.2, -0.15) is 13.2 Å². The third kappa shape index (κ3) is 5.59. The molecule has 182 valence electrons. The fourth-order valence-corrected chi connectivity index (χ4v) is 3.81. The van der Waals surface area contributed by atoms with Crippen molar-refractivity contribution in [3.05, 3.63) is 88.0 Å². The molecule has 0 aliphatic carbocycles. The zero-order valence-electron chi connectivity index (χ0n) is 19.2. The second kappa shape index (κ2) is 9.73. The van der Waals surface area contributed by atoms with Crippen LogP contribution in [0.4, 0.5) is 13.2 Å². The van der Waals surface area contributed by atoms with E-state index in [9.17, 15) is 22.8 Å². The summed E-state index contributed by atoms with van der Waals surface area (Å²) in [5, 5.41) is 7.12. The number of rotatable bonds is 7. The van der Waals surface area contributed by atoms with Gasteiger partial charge in [-0.25, -0.2) is 18.9 Å². The number of aromatic nitrogens is 4. The highest BCUT2D eigenvalue weighted by Crippen LogP contribution is 2.30. The lowest BCUT2D eigenvalue weighted by atomic mass is 10.1. The Balaban J connectivity index is 1.53. The van der Waals surface area contributed by atoms with Gasteiger partial charge in [0.2, 0.25) is 5.91 Å². The summed E-state index contributed by atoms with van der Waals surface area (Å²) in [5.41, 5.74) is 0.878. The number of hydrogen-bond acceptors (Lipinski definition) is 4. The van der Waals surface area contributed by atoms with E-state index in [1.54, 1.807) is 13.0 Å². The number of fused-ring (bicyclic) bond motifs is 1. The Morgan fingerprint density at radius 2 is 1.77 bits per heavy atom. The molecule has 0 radical (unpaired) electrons. The maximum absolute atomic E-state index is 13.1. The van der Waals surface area contributed by atoms with Gasteiger partial charge in [-0.1, -0.05) is 42.5 Å². The van der Waals surface area contributed by atoms with Crippen molar-refractivity contribution < 1.29 is 18.0 Å². The number of hydrogen-bond donors (Lipinski definition) is 1. The fraction of sp³-hybridized carbons (Fsp3) is 0.280. The van der Waals surface area contributed by atoms with Gasteiger partial charge >= 0.3 is 11.9 Å². The van der Waals surface area contributed by atoms with Gasteiger partial charge < -0.3 is 5.32 Å². The van der Waals surface area contributed by atoms with E-state index in [0.717, 1.165) is 29.7 Å². The van der Waals surface area contributed by atoms with Crippen molar-refractivity contribution in [2.75, 3.05) is 0 Å². The van der Waals surface area contributed by atoms with Crippen LogP contribution in [0, 0.1) is 6.92 Å². The first-order valence-electron chi connectivity index (χ1n) is 11.1. The highest BCUT2D eigenvalue weighted by Gasteiger charge is 2.30. The quantitative estimate of drug-likeness (QED) is 0.431. The van der Waals surface area contributed by atoms with Gasteiger partial charge in [-0.15, -0.1) is 5.10 Å². The lowest BCUT2D eigenvalue weighted by Crippen LogP contribution is -2.38. The number of nitrogens with zero attached hydrogens (tertiary/aromatic N) is 4. The van der Waals surface area contributed by atoms with E-state index in [2.05, 4.69) is 15.4 Å². The van der Waals surface area contributed by atoms with Gasteiger partial charge in [0.05, 0.1) is 5.56 Å². The molecule has 2 aromatic heterocycles. The van der Waals surface area contributed by atoms with E-state index in [1.807, 2.05) is 37.3 Å². The monoisotopic (exact) mass is 483 g/mol. The Morgan fingerprint density at radius 3 is 2.43 bits per heavy atom. The molecule has 2 heterocycles. The van der Waals surface area contributed by atoms with Crippen molar-refractivity contribution in [1.29, 1.82) is 0 Å². The molecule has 4 rings (SSSR count). The van der Waals surface area contributed by atoms with E-state index in [-0.39, 0.29) is 30.0 Å². The molecular weight excluding hydrogens is 459 g/mol. The van der Waals surface area contributed by atoms with Crippen LogP contribution >= 0.6 is 0 Å². The van der Waals surface area contributed by atoms with Crippen LogP contribution < -0.4 is 11.0 Å². The van der Waals surface area contributed by atoms with Crippen molar-refractivity contribution in [3.8, 4) is 11.4 Å². The second-order valence-corrected chi connectivity index (χ2v) is 8.42. The molecule has 0 spiro atoms. The first kappa shape index (κ1) is 24.2. The summed E-state index contributed by atoms with van der Waals surface area (Å²) in [6.45, 7) is 3.29. The molecule has 1 amide bonds. The van der Waals surface area contributed by atoms with E-state index < -0.39 is 17.4 Å². The molecule has 0 saturated heterocycles. The maximum Gasteiger partial charge on any atom is 0.416 e. The van der Waals surface area contributed by atoms with Crippen molar-refractivity contribution >= 4 is 11.6 Å². The van der Waals surface area contributed by atoms with Crippen LogP contribution in [0.3, 0.4) is 0 Å². The highest BCUT2D eigenvalue weighted by molar-refractivity contribution is 5.76. The Bertz CT molecular complexity index is 1390. The number of carbonyl (C=O) groups is 1. The molecule has 7 nitrogen and oxygen atoms in total. The number of halogens is 3. The number of alkyl halides is 3. The minimum atomic E-state index is -4.47. The Kier molecular flexibility index (Phi) is 6.72. The SMILES string of the molecule is Cc1cc2nn(CC(=O)N[C@@H](C)CCc3ccccc3)c(=O)n2c(-c2ccc(C(F)(F)F)cc2)n1. The number of nitrogens with one attached hydrogen (secondary N) is 1. The smallest absolute Gasteiger partial charge is 0.352 e. The number of benzene rings is 2. The summed E-state index contributed by atoms with van der Waals surface area (Å²) in [6, 6.07) is 15.8. The van der Waals surface area contributed by atoms with Crippen LogP contribution in [0.5, 0.6) is 0 Å². The summed E-state index contributed by atoms with van der Waals surface area (Å²) in [4.78, 5) is 30.0. The van der Waals surface area contributed by atoms with Gasteiger partial charge in [-0.05, 0) is 44.4 Å². The van der Waals surface area contributed by atoms with Crippen molar-refractivity contribution in [3.63, 3.8) is 0 Å². The van der Waals surface area contributed by atoms with Crippen molar-refractivity contribution in [2.24, 2.45) is 0 Å². The van der Waals surface area contributed by atoms with Crippen LogP contribution in [0.1, 0.15) is 30.2 Å². The predicted octanol–water partition coefficient (Wildman–Crippen LogP) is 4.02. The second-order valence-electron chi connectivity index (χ2n) is 8.42. The molecule has 35 heavy (non-hydrogen) atoms. The van der Waals surface area contributed by atoms with Crippen LogP contribution in [0.2, 0.25) is 0 Å². The zero-order chi connectivity index (χ0) is 25.2. The van der Waals surface area contributed by atoms with E-state index in [0.29, 0.717) is 11.3 Å². The molecule has 1 atom stereocenters. The lowest BCUT2D eigenvalue weighted by Gasteiger charge is -2.13. The fourth-order valence-electron chi connectivity index (χ4n) is 3.81. The summed E-state index contributed by atoms with van der Waals surface area (Å²) >= 11 is 0. The summed E-state index contributed by atoms with van der Waals surface area (Å²) in [7, 11) is 0. The number of aryl methyl sites for hydroxylation is 2. The zero-order valence-corrected chi connectivity index (χ0v) is 19.2. The van der Waals surface area contributed by atoms with Crippen molar-refractivity contribution in [1.82, 2.24) is 24.5 Å². The van der Waals surface area contributed by atoms with E-state index in [1.165, 1.54) is 22.1 Å². The molecule has 0 unspecified atom stereocenters. The molecule has 4 aromatic rings. The molecule has 2 aromatic carbocycles. The van der Waals surface area contributed by atoms with Gasteiger partial charge in [0.1, 0.15) is 12.4 Å². The van der Waals surface area contributed by atoms with Crippen LogP contribution in [-0.4, -0.2) is 31.1 Å². The third-order valence-electron chi connectivity index (χ3n) is 5.58. The van der Waals surface area contributed by atoms with Crippen LogP contribution in [0.25, 0.3) is 17.0 Å². The summed E-state index contributed by atoms with van der Waals surface area (Å²) in [6.07, 6.45) is -2.93. The van der Waals surface area contributed by atoms with Crippen LogP contribution in [-0.2, 0) is 23.9 Å². The molecule has 0 fully saturated rings. The van der Waals surface area contributed by atoms with Gasteiger partial charge in [-0.3, -0.25) is 4.79 Å². The average Bonchev–Trinajstić information content (AvgIpc) is 3.11. The topological polar surface area (TPSA) is 81.3 Å². The number of carbonyl (C=O) groups excluding carboxylic acids is 1. The molecule has 0 bridgehead atoms. The lowest BCUT2D eigenvalue weighted by molar-refractivity contribution is -0.137. The summed E-state index contributed by atoms with van der Waals surface area (Å²) in [5.74, 6) is -0.210. The largest absolute Gasteiger partial charge is 0.416 e. The minimum Gasteiger partial charge on any atom is -0.352 e. The molecular formula is C25H24F3N5O2. The van der Waals surface area contributed by atoms with Crippen molar-refractivity contribution in [2.45, 2.75) is 45.5 Å². The van der Waals surface area contributed by atoms with Gasteiger partial charge in [0.15, 0.2) is 5.65 Å². The minimum absolute atomic E-state index is 0.109. The van der Waals surface area contributed by atoms with Gasteiger partial charge in [0, 0.05) is 23.4 Å². The number of amides is 1. The Morgan fingerprint density at radius 1 is 1.09 bits per heavy atom. The normalized spacial score (nSPS) is 12.6. The summed E-state index contributed by atoms with van der Waals surface area (Å²) < 4.78 is 41.0.